The summed E-state index contributed by atoms with van der Waals surface area (Å²) in [7, 11) is 1.75. The predicted molar refractivity (Wildman–Crippen MR) is 68.0 cm³/mol. The summed E-state index contributed by atoms with van der Waals surface area (Å²) < 4.78 is 10.8. The Morgan fingerprint density at radius 2 is 2.24 bits per heavy atom. The molecule has 1 aromatic carbocycles. The van der Waals surface area contributed by atoms with Crippen molar-refractivity contribution in [2.75, 3.05) is 26.9 Å². The lowest BCUT2D eigenvalue weighted by Crippen LogP contribution is -2.40. The van der Waals surface area contributed by atoms with Crippen molar-refractivity contribution in [2.45, 2.75) is 24.9 Å². The van der Waals surface area contributed by atoms with Gasteiger partial charge in [-0.2, -0.15) is 0 Å². The molecule has 3 heteroatoms. The summed E-state index contributed by atoms with van der Waals surface area (Å²) in [6, 6.07) is 11.2. The summed E-state index contributed by atoms with van der Waals surface area (Å²) in [6.45, 7) is 2.41. The molecule has 2 unspecified atom stereocenters. The average molecular weight is 235 g/mol. The second-order valence-corrected chi connectivity index (χ2v) is 4.50. The first-order valence-corrected chi connectivity index (χ1v) is 6.28. The molecule has 94 valence electrons. The molecule has 1 aliphatic heterocycles. The van der Waals surface area contributed by atoms with Gasteiger partial charge >= 0.3 is 0 Å². The fourth-order valence-electron chi connectivity index (χ4n) is 2.25. The van der Waals surface area contributed by atoms with Crippen LogP contribution in [-0.2, 0) is 9.47 Å². The van der Waals surface area contributed by atoms with E-state index in [1.54, 1.807) is 7.11 Å². The molecule has 17 heavy (non-hydrogen) atoms. The molecule has 2 rings (SSSR count). The summed E-state index contributed by atoms with van der Waals surface area (Å²) in [6.07, 6.45) is 2.33. The first-order valence-electron chi connectivity index (χ1n) is 6.28. The molecule has 3 nitrogen and oxygen atoms in total. The largest absolute Gasteiger partial charge is 0.383 e. The maximum atomic E-state index is 5.49. The number of hydrogen-bond acceptors (Lipinski definition) is 3. The zero-order valence-electron chi connectivity index (χ0n) is 10.4. The Morgan fingerprint density at radius 1 is 1.41 bits per heavy atom. The Hall–Kier alpha value is -0.900. The highest BCUT2D eigenvalue weighted by Crippen LogP contribution is 2.16. The second kappa shape index (κ2) is 6.74. The molecule has 0 amide bonds. The summed E-state index contributed by atoms with van der Waals surface area (Å²) in [4.78, 5) is 0. The van der Waals surface area contributed by atoms with E-state index in [4.69, 9.17) is 9.47 Å². The molecule has 0 aromatic heterocycles. The van der Waals surface area contributed by atoms with Crippen molar-refractivity contribution in [3.63, 3.8) is 0 Å². The van der Waals surface area contributed by atoms with Crippen LogP contribution in [-0.4, -0.2) is 33.0 Å². The minimum absolute atomic E-state index is 0.257. The molecule has 0 saturated carbocycles. The summed E-state index contributed by atoms with van der Waals surface area (Å²) >= 11 is 0. The van der Waals surface area contributed by atoms with Crippen LogP contribution in [0.2, 0.25) is 0 Å². The molecule has 0 aliphatic carbocycles. The van der Waals surface area contributed by atoms with E-state index < -0.39 is 0 Å². The van der Waals surface area contributed by atoms with Gasteiger partial charge in [0.2, 0.25) is 0 Å². The van der Waals surface area contributed by atoms with E-state index in [2.05, 4.69) is 29.6 Å². The Labute approximate surface area is 103 Å². The minimum atomic E-state index is 0.257. The van der Waals surface area contributed by atoms with E-state index >= 15 is 0 Å². The van der Waals surface area contributed by atoms with Crippen molar-refractivity contribution in [2.24, 2.45) is 0 Å². The number of hydrogen-bond donors (Lipinski definition) is 1. The van der Waals surface area contributed by atoms with Crippen LogP contribution in [0.1, 0.15) is 24.4 Å². The van der Waals surface area contributed by atoms with Gasteiger partial charge in [-0.05, 0) is 18.4 Å². The van der Waals surface area contributed by atoms with Crippen LogP contribution in [0.5, 0.6) is 0 Å². The number of nitrogens with one attached hydrogen (secondary N) is 1. The van der Waals surface area contributed by atoms with E-state index in [9.17, 15) is 0 Å². The fraction of sp³-hybridized carbons (Fsp3) is 0.571. The van der Waals surface area contributed by atoms with Gasteiger partial charge in [0, 0.05) is 19.8 Å². The van der Waals surface area contributed by atoms with E-state index in [0.29, 0.717) is 12.6 Å². The molecule has 0 radical (unpaired) electrons. The van der Waals surface area contributed by atoms with Gasteiger partial charge in [-0.1, -0.05) is 30.3 Å². The van der Waals surface area contributed by atoms with E-state index in [1.807, 2.05) is 6.07 Å². The smallest absolute Gasteiger partial charge is 0.0657 e. The number of methoxy groups -OCH3 is 1. The van der Waals surface area contributed by atoms with E-state index in [-0.39, 0.29) is 6.04 Å². The van der Waals surface area contributed by atoms with Crippen LogP contribution < -0.4 is 5.32 Å². The first-order chi connectivity index (χ1) is 8.40. The lowest BCUT2D eigenvalue weighted by molar-refractivity contribution is 0.0593. The monoisotopic (exact) mass is 235 g/mol. The van der Waals surface area contributed by atoms with Crippen molar-refractivity contribution in [3.05, 3.63) is 35.9 Å². The van der Waals surface area contributed by atoms with Crippen LogP contribution in [0.25, 0.3) is 0 Å². The number of ether oxygens (including phenoxy) is 2. The van der Waals surface area contributed by atoms with Crippen molar-refractivity contribution >= 4 is 0 Å². The normalized spacial score (nSPS) is 22.3. The molecule has 0 bridgehead atoms. The topological polar surface area (TPSA) is 30.5 Å². The Bertz CT molecular complexity index is 309. The van der Waals surface area contributed by atoms with Crippen molar-refractivity contribution in [1.82, 2.24) is 5.32 Å². The van der Waals surface area contributed by atoms with Crippen LogP contribution >= 0.6 is 0 Å². The standard InChI is InChI=1S/C14H21NO2/c1-16-11-14(12-6-3-2-4-7-12)15-13-8-5-9-17-10-13/h2-4,6-7,13-15H,5,8-11H2,1H3. The van der Waals surface area contributed by atoms with Gasteiger partial charge in [-0.3, -0.25) is 0 Å². The van der Waals surface area contributed by atoms with Crippen molar-refractivity contribution in [3.8, 4) is 0 Å². The average Bonchev–Trinajstić information content (AvgIpc) is 2.40. The molecule has 1 aliphatic rings. The van der Waals surface area contributed by atoms with Crippen molar-refractivity contribution < 1.29 is 9.47 Å². The highest BCUT2D eigenvalue weighted by Gasteiger charge is 2.19. The van der Waals surface area contributed by atoms with Crippen LogP contribution in [0.4, 0.5) is 0 Å². The van der Waals surface area contributed by atoms with Crippen LogP contribution in [0, 0.1) is 0 Å². The van der Waals surface area contributed by atoms with Gasteiger partial charge < -0.3 is 14.8 Å². The van der Waals surface area contributed by atoms with Crippen LogP contribution in [0.15, 0.2) is 30.3 Å². The molecular formula is C14H21NO2. The van der Waals surface area contributed by atoms with Crippen molar-refractivity contribution in [1.29, 1.82) is 0 Å². The zero-order chi connectivity index (χ0) is 11.9. The lowest BCUT2D eigenvalue weighted by atomic mass is 10.0. The number of benzene rings is 1. The van der Waals surface area contributed by atoms with E-state index in [0.717, 1.165) is 19.6 Å². The van der Waals surface area contributed by atoms with Gasteiger partial charge in [0.25, 0.3) is 0 Å². The molecule has 1 fully saturated rings. The van der Waals surface area contributed by atoms with Gasteiger partial charge in [0.1, 0.15) is 0 Å². The lowest BCUT2D eigenvalue weighted by Gasteiger charge is -2.28. The highest BCUT2D eigenvalue weighted by molar-refractivity contribution is 5.19. The molecule has 1 N–H and O–H groups in total. The molecule has 1 saturated heterocycles. The summed E-state index contributed by atoms with van der Waals surface area (Å²) in [5, 5.41) is 3.62. The van der Waals surface area contributed by atoms with Gasteiger partial charge in [-0.15, -0.1) is 0 Å². The third kappa shape index (κ3) is 3.80. The molecule has 0 spiro atoms. The second-order valence-electron chi connectivity index (χ2n) is 4.50. The highest BCUT2D eigenvalue weighted by atomic mass is 16.5. The Balaban J connectivity index is 1.96. The molecular weight excluding hydrogens is 214 g/mol. The molecule has 1 aromatic rings. The number of rotatable bonds is 5. The maximum absolute atomic E-state index is 5.49. The van der Waals surface area contributed by atoms with Crippen LogP contribution in [0.3, 0.4) is 0 Å². The molecule has 1 heterocycles. The third-order valence-electron chi connectivity index (χ3n) is 3.13. The first kappa shape index (κ1) is 12.6. The van der Waals surface area contributed by atoms with Gasteiger partial charge in [-0.25, -0.2) is 0 Å². The quantitative estimate of drug-likeness (QED) is 0.848. The zero-order valence-corrected chi connectivity index (χ0v) is 10.4. The summed E-state index contributed by atoms with van der Waals surface area (Å²) in [5.74, 6) is 0. The Kier molecular flexibility index (Phi) is 4.98. The van der Waals surface area contributed by atoms with E-state index in [1.165, 1.54) is 12.0 Å². The predicted octanol–water partition coefficient (Wildman–Crippen LogP) is 2.14. The summed E-state index contributed by atoms with van der Waals surface area (Å²) in [5.41, 5.74) is 1.28. The minimum Gasteiger partial charge on any atom is -0.383 e. The van der Waals surface area contributed by atoms with Gasteiger partial charge in [0.15, 0.2) is 0 Å². The Morgan fingerprint density at radius 3 is 2.88 bits per heavy atom. The SMILES string of the molecule is COCC(NC1CCCOC1)c1ccccc1. The third-order valence-corrected chi connectivity index (χ3v) is 3.13. The van der Waals surface area contributed by atoms with Gasteiger partial charge in [0.05, 0.1) is 19.3 Å². The fourth-order valence-corrected chi connectivity index (χ4v) is 2.25. The maximum Gasteiger partial charge on any atom is 0.0657 e. The molecule has 2 atom stereocenters.